The van der Waals surface area contributed by atoms with Gasteiger partial charge in [-0.15, -0.1) is 11.6 Å². The van der Waals surface area contributed by atoms with Crippen LogP contribution < -0.4 is 0 Å². The van der Waals surface area contributed by atoms with Crippen molar-refractivity contribution in [1.29, 1.82) is 0 Å². The summed E-state index contributed by atoms with van der Waals surface area (Å²) in [5.74, 6) is -1.91. The van der Waals surface area contributed by atoms with E-state index in [2.05, 4.69) is 0 Å². The Morgan fingerprint density at radius 2 is 2.00 bits per heavy atom. The van der Waals surface area contributed by atoms with E-state index < -0.39 is 23.2 Å². The van der Waals surface area contributed by atoms with Gasteiger partial charge in [-0.05, 0) is 13.0 Å². The van der Waals surface area contributed by atoms with E-state index in [9.17, 15) is 19.5 Å². The Kier molecular flexibility index (Phi) is 4.58. The molecule has 0 amide bonds. The summed E-state index contributed by atoms with van der Waals surface area (Å²) in [6.07, 6.45) is -1.44. The summed E-state index contributed by atoms with van der Waals surface area (Å²) in [5, 5.41) is 17.4. The minimum Gasteiger partial charge on any atom is -0.479 e. The highest BCUT2D eigenvalue weighted by Crippen LogP contribution is 2.20. The Bertz CT molecular complexity index is 495. The van der Waals surface area contributed by atoms with Crippen molar-refractivity contribution in [2.75, 3.05) is 0 Å². The Morgan fingerprint density at radius 1 is 1.39 bits per heavy atom. The van der Waals surface area contributed by atoms with Gasteiger partial charge in [-0.1, -0.05) is 12.1 Å². The average Bonchev–Trinajstić information content (AvgIpc) is 2.35. The van der Waals surface area contributed by atoms with Crippen LogP contribution in [0, 0.1) is 0 Å². The lowest BCUT2D eigenvalue weighted by Gasteiger charge is -2.11. The summed E-state index contributed by atoms with van der Waals surface area (Å²) >= 11 is 5.63. The van der Waals surface area contributed by atoms with Gasteiger partial charge in [-0.3, -0.25) is 9.59 Å². The molecular formula is C12H11ClO5. The van der Waals surface area contributed by atoms with Crippen LogP contribution in [0.15, 0.2) is 18.2 Å². The maximum atomic E-state index is 11.6. The maximum absolute atomic E-state index is 11.6. The van der Waals surface area contributed by atoms with E-state index in [1.165, 1.54) is 25.1 Å². The number of carboxylic acid groups (broad SMARTS) is 1. The number of hydrogen-bond donors (Lipinski definition) is 2. The van der Waals surface area contributed by atoms with Crippen molar-refractivity contribution >= 4 is 29.6 Å². The summed E-state index contributed by atoms with van der Waals surface area (Å²) < 4.78 is 0. The zero-order chi connectivity index (χ0) is 13.9. The number of carbonyl (C=O) groups excluding carboxylic acids is 2. The fourth-order valence-corrected chi connectivity index (χ4v) is 1.56. The number of alkyl halides is 1. The number of aliphatic hydroxyl groups excluding tert-OH is 1. The molecule has 0 saturated carbocycles. The molecule has 0 aliphatic rings. The van der Waals surface area contributed by atoms with E-state index in [4.69, 9.17) is 16.7 Å². The molecule has 2 N–H and O–H groups in total. The van der Waals surface area contributed by atoms with Crippen LogP contribution in [0.1, 0.15) is 39.3 Å². The highest BCUT2D eigenvalue weighted by Gasteiger charge is 2.22. The monoisotopic (exact) mass is 270 g/mol. The number of benzene rings is 1. The molecule has 0 aliphatic carbocycles. The van der Waals surface area contributed by atoms with Crippen LogP contribution in [0.4, 0.5) is 0 Å². The van der Waals surface area contributed by atoms with Crippen LogP contribution in [0.25, 0.3) is 0 Å². The molecule has 0 aromatic heterocycles. The molecule has 0 saturated heterocycles. The highest BCUT2D eigenvalue weighted by atomic mass is 35.5. The lowest BCUT2D eigenvalue weighted by molar-refractivity contribution is -0.146. The lowest BCUT2D eigenvalue weighted by atomic mass is 9.97. The van der Waals surface area contributed by atoms with Crippen molar-refractivity contribution < 1.29 is 24.6 Å². The van der Waals surface area contributed by atoms with Gasteiger partial charge >= 0.3 is 5.97 Å². The number of halogens is 1. The van der Waals surface area contributed by atoms with Crippen LogP contribution in [0.5, 0.6) is 0 Å². The fourth-order valence-electron chi connectivity index (χ4n) is 1.43. The molecule has 0 radical (unpaired) electrons. The molecule has 2 atom stereocenters. The van der Waals surface area contributed by atoms with Crippen LogP contribution in [-0.4, -0.2) is 33.6 Å². The van der Waals surface area contributed by atoms with Gasteiger partial charge in [0.05, 0.1) is 5.38 Å². The van der Waals surface area contributed by atoms with Gasteiger partial charge in [0.15, 0.2) is 11.9 Å². The minimum absolute atomic E-state index is 0.0173. The molecule has 0 fully saturated rings. The summed E-state index contributed by atoms with van der Waals surface area (Å²) in [5.41, 5.74) is 0.0442. The summed E-state index contributed by atoms with van der Waals surface area (Å²) in [6, 6.07) is 3.81. The van der Waals surface area contributed by atoms with Crippen LogP contribution in [0.3, 0.4) is 0 Å². The number of rotatable bonds is 5. The first-order valence-electron chi connectivity index (χ1n) is 5.06. The van der Waals surface area contributed by atoms with Crippen molar-refractivity contribution in [3.63, 3.8) is 0 Å². The van der Waals surface area contributed by atoms with E-state index in [0.29, 0.717) is 6.29 Å². The van der Waals surface area contributed by atoms with Gasteiger partial charge in [0.25, 0.3) is 0 Å². The van der Waals surface area contributed by atoms with Crippen molar-refractivity contribution in [1.82, 2.24) is 0 Å². The predicted octanol–water partition coefficient (Wildman–Crippen LogP) is 1.43. The van der Waals surface area contributed by atoms with Gasteiger partial charge < -0.3 is 10.2 Å². The Morgan fingerprint density at radius 3 is 2.44 bits per heavy atom. The van der Waals surface area contributed by atoms with E-state index in [1.54, 1.807) is 0 Å². The molecule has 0 spiro atoms. The number of carbonyl (C=O) groups is 3. The maximum Gasteiger partial charge on any atom is 0.337 e. The van der Waals surface area contributed by atoms with Gasteiger partial charge in [-0.25, -0.2) is 4.79 Å². The molecule has 0 aliphatic heterocycles. The van der Waals surface area contributed by atoms with Crippen molar-refractivity contribution in [3.8, 4) is 0 Å². The Hall–Kier alpha value is -1.72. The topological polar surface area (TPSA) is 91.7 Å². The summed E-state index contributed by atoms with van der Waals surface area (Å²) in [4.78, 5) is 33.1. The fraction of sp³-hybridized carbons (Fsp3) is 0.250. The first kappa shape index (κ1) is 14.3. The second kappa shape index (κ2) is 5.75. The number of aliphatic carboxylic acids is 1. The summed E-state index contributed by atoms with van der Waals surface area (Å²) in [6.45, 7) is 1.48. The first-order valence-corrected chi connectivity index (χ1v) is 5.50. The van der Waals surface area contributed by atoms with Crippen LogP contribution >= 0.6 is 11.6 Å². The van der Waals surface area contributed by atoms with Gasteiger partial charge in [0.1, 0.15) is 6.29 Å². The van der Waals surface area contributed by atoms with E-state index >= 15 is 0 Å². The molecule has 96 valence electrons. The number of aldehydes is 1. The zero-order valence-corrected chi connectivity index (χ0v) is 10.2. The number of ketones is 1. The van der Waals surface area contributed by atoms with Crippen molar-refractivity contribution in [2.45, 2.75) is 18.4 Å². The molecular weight excluding hydrogens is 260 g/mol. The Labute approximate surface area is 108 Å². The molecule has 1 aromatic carbocycles. The normalized spacial score (nSPS) is 13.7. The zero-order valence-electron chi connectivity index (χ0n) is 9.46. The second-order valence-corrected chi connectivity index (χ2v) is 4.34. The van der Waals surface area contributed by atoms with Crippen molar-refractivity contribution in [3.05, 3.63) is 34.9 Å². The number of Topliss-reactive ketones (excluding diaryl/α,β-unsaturated/α-hetero) is 1. The molecule has 6 heteroatoms. The Balaban J connectivity index is 3.30. The first-order chi connectivity index (χ1) is 8.38. The highest BCUT2D eigenvalue weighted by molar-refractivity contribution is 6.33. The van der Waals surface area contributed by atoms with E-state index in [1.807, 2.05) is 0 Å². The third kappa shape index (κ3) is 2.94. The molecule has 5 nitrogen and oxygen atoms in total. The number of aliphatic hydroxyl groups is 1. The predicted molar refractivity (Wildman–Crippen MR) is 64.1 cm³/mol. The minimum atomic E-state index is -1.86. The SMILES string of the molecule is CC(Cl)C(=O)c1ccc(C=O)c(C(O)C(=O)O)c1. The van der Waals surface area contributed by atoms with E-state index in [0.717, 1.165) is 0 Å². The largest absolute Gasteiger partial charge is 0.479 e. The quantitative estimate of drug-likeness (QED) is 0.480. The smallest absolute Gasteiger partial charge is 0.337 e. The molecule has 0 heterocycles. The third-order valence-electron chi connectivity index (χ3n) is 2.39. The molecule has 2 unspecified atom stereocenters. The third-order valence-corrected chi connectivity index (χ3v) is 2.59. The number of hydrogen-bond acceptors (Lipinski definition) is 4. The molecule has 0 bridgehead atoms. The van der Waals surface area contributed by atoms with Gasteiger partial charge in [0.2, 0.25) is 0 Å². The van der Waals surface area contributed by atoms with Gasteiger partial charge in [-0.2, -0.15) is 0 Å². The van der Waals surface area contributed by atoms with Crippen LogP contribution in [-0.2, 0) is 4.79 Å². The molecule has 1 aromatic rings. The summed E-state index contributed by atoms with van der Waals surface area (Å²) in [7, 11) is 0. The van der Waals surface area contributed by atoms with E-state index in [-0.39, 0.29) is 16.7 Å². The van der Waals surface area contributed by atoms with Gasteiger partial charge in [0, 0.05) is 16.7 Å². The second-order valence-electron chi connectivity index (χ2n) is 3.68. The lowest BCUT2D eigenvalue weighted by Crippen LogP contribution is -2.16. The van der Waals surface area contributed by atoms with Crippen LogP contribution in [0.2, 0.25) is 0 Å². The average molecular weight is 271 g/mol. The molecule has 18 heavy (non-hydrogen) atoms. The standard InChI is InChI=1S/C12H11ClO5/c1-6(13)10(15)7-2-3-8(5-14)9(4-7)11(16)12(17)18/h2-6,11,16H,1H3,(H,17,18). The molecule has 1 rings (SSSR count). The van der Waals surface area contributed by atoms with Crippen molar-refractivity contribution in [2.24, 2.45) is 0 Å². The number of carboxylic acids is 1.